The minimum Gasteiger partial charge on any atom is -0.457 e. The van der Waals surface area contributed by atoms with E-state index in [0.29, 0.717) is 4.88 Å². The van der Waals surface area contributed by atoms with Gasteiger partial charge < -0.3 is 4.74 Å². The monoisotopic (exact) mass is 253 g/mol. The van der Waals surface area contributed by atoms with Gasteiger partial charge in [-0.05, 0) is 44.3 Å². The highest BCUT2D eigenvalue weighted by Gasteiger charge is 2.17. The normalized spacial score (nSPS) is 18.9. The third-order valence-corrected chi connectivity index (χ3v) is 3.84. The summed E-state index contributed by atoms with van der Waals surface area (Å²) in [5.41, 5.74) is 0. The summed E-state index contributed by atoms with van der Waals surface area (Å²) in [5.74, 6) is -0.190. The van der Waals surface area contributed by atoms with Crippen LogP contribution in [0.4, 0.5) is 0 Å². The van der Waals surface area contributed by atoms with Crippen molar-refractivity contribution < 1.29 is 9.53 Å². The zero-order valence-corrected chi connectivity index (χ0v) is 11.0. The molecule has 1 atom stereocenters. The van der Waals surface area contributed by atoms with Crippen LogP contribution in [0.25, 0.3) is 0 Å². The van der Waals surface area contributed by atoms with Gasteiger partial charge in [-0.25, -0.2) is 4.79 Å². The number of carbonyl (C=O) groups excluding carboxylic acids is 1. The Balaban J connectivity index is 1.76. The first-order chi connectivity index (χ1) is 8.25. The molecule has 2 rings (SSSR count). The summed E-state index contributed by atoms with van der Waals surface area (Å²) in [4.78, 5) is 14.8. The van der Waals surface area contributed by atoms with Gasteiger partial charge in [0.15, 0.2) is 0 Å². The number of esters is 1. The molecule has 17 heavy (non-hydrogen) atoms. The van der Waals surface area contributed by atoms with Crippen molar-refractivity contribution in [3.8, 4) is 0 Å². The van der Waals surface area contributed by atoms with Crippen molar-refractivity contribution in [2.24, 2.45) is 0 Å². The first-order valence-electron chi connectivity index (χ1n) is 6.22. The summed E-state index contributed by atoms with van der Waals surface area (Å²) < 4.78 is 5.43. The zero-order valence-electron chi connectivity index (χ0n) is 10.2. The molecule has 3 nitrogen and oxygen atoms in total. The van der Waals surface area contributed by atoms with E-state index in [-0.39, 0.29) is 12.1 Å². The smallest absolute Gasteiger partial charge is 0.348 e. The Hall–Kier alpha value is -0.870. The number of ether oxygens (including phenoxy) is 1. The Bertz CT molecular complexity index is 344. The first kappa shape index (κ1) is 12.6. The van der Waals surface area contributed by atoms with Gasteiger partial charge in [0.2, 0.25) is 0 Å². The van der Waals surface area contributed by atoms with Crippen LogP contribution in [0.3, 0.4) is 0 Å². The summed E-state index contributed by atoms with van der Waals surface area (Å²) >= 11 is 1.43. The number of carbonyl (C=O) groups is 1. The fraction of sp³-hybridized carbons (Fsp3) is 0.615. The zero-order chi connectivity index (χ0) is 12.1. The van der Waals surface area contributed by atoms with E-state index in [0.717, 1.165) is 19.6 Å². The van der Waals surface area contributed by atoms with Crippen LogP contribution in [0.5, 0.6) is 0 Å². The number of rotatable bonds is 4. The summed E-state index contributed by atoms with van der Waals surface area (Å²) in [7, 11) is 0. The van der Waals surface area contributed by atoms with Crippen molar-refractivity contribution in [3.63, 3.8) is 0 Å². The number of hydrogen-bond acceptors (Lipinski definition) is 4. The molecule has 1 aromatic heterocycles. The molecule has 1 fully saturated rings. The minimum absolute atomic E-state index is 0.0253. The van der Waals surface area contributed by atoms with Crippen molar-refractivity contribution in [2.75, 3.05) is 19.6 Å². The molecular weight excluding hydrogens is 234 g/mol. The van der Waals surface area contributed by atoms with E-state index >= 15 is 0 Å². The number of nitrogens with zero attached hydrogens (tertiary/aromatic N) is 1. The maximum atomic E-state index is 11.7. The lowest BCUT2D eigenvalue weighted by molar-refractivity contribution is 0.0241. The van der Waals surface area contributed by atoms with Gasteiger partial charge in [0, 0.05) is 6.54 Å². The van der Waals surface area contributed by atoms with Gasteiger partial charge in [-0.2, -0.15) is 0 Å². The maximum absolute atomic E-state index is 11.7. The van der Waals surface area contributed by atoms with Crippen LogP contribution in [0.2, 0.25) is 0 Å². The number of piperidine rings is 1. The predicted octanol–water partition coefficient (Wildman–Crippen LogP) is 2.78. The molecule has 94 valence electrons. The van der Waals surface area contributed by atoms with Crippen LogP contribution in [-0.4, -0.2) is 36.6 Å². The van der Waals surface area contributed by atoms with Gasteiger partial charge in [0.1, 0.15) is 11.0 Å². The van der Waals surface area contributed by atoms with E-state index in [4.69, 9.17) is 4.74 Å². The SMILES string of the molecule is CC(CN1CCCCC1)OC(=O)c1cccs1. The van der Waals surface area contributed by atoms with Crippen molar-refractivity contribution in [1.29, 1.82) is 0 Å². The third kappa shape index (κ3) is 3.82. The topological polar surface area (TPSA) is 29.5 Å². The van der Waals surface area contributed by atoms with Crippen LogP contribution < -0.4 is 0 Å². The Morgan fingerprint density at radius 2 is 2.24 bits per heavy atom. The number of likely N-dealkylation sites (tertiary alicyclic amines) is 1. The molecule has 1 unspecified atom stereocenters. The summed E-state index contributed by atoms with van der Waals surface area (Å²) in [6.45, 7) is 5.11. The quantitative estimate of drug-likeness (QED) is 0.773. The van der Waals surface area contributed by atoms with E-state index in [1.165, 1.54) is 30.6 Å². The minimum atomic E-state index is -0.190. The van der Waals surface area contributed by atoms with E-state index in [1.807, 2.05) is 18.4 Å². The van der Waals surface area contributed by atoms with E-state index in [9.17, 15) is 4.79 Å². The van der Waals surface area contributed by atoms with Crippen molar-refractivity contribution >= 4 is 17.3 Å². The van der Waals surface area contributed by atoms with Crippen LogP contribution >= 0.6 is 11.3 Å². The molecule has 0 N–H and O–H groups in total. The lowest BCUT2D eigenvalue weighted by Gasteiger charge is -2.28. The Morgan fingerprint density at radius 1 is 1.47 bits per heavy atom. The van der Waals surface area contributed by atoms with E-state index in [1.54, 1.807) is 6.07 Å². The molecule has 0 bridgehead atoms. The molecule has 0 aliphatic carbocycles. The molecule has 1 saturated heterocycles. The van der Waals surface area contributed by atoms with Gasteiger partial charge >= 0.3 is 5.97 Å². The third-order valence-electron chi connectivity index (χ3n) is 2.99. The fourth-order valence-corrected chi connectivity index (χ4v) is 2.78. The molecule has 0 saturated carbocycles. The molecule has 1 aliphatic heterocycles. The average molecular weight is 253 g/mol. The van der Waals surface area contributed by atoms with Gasteiger partial charge in [0.05, 0.1) is 0 Å². The van der Waals surface area contributed by atoms with Crippen molar-refractivity contribution in [1.82, 2.24) is 4.90 Å². The standard InChI is InChI=1S/C13H19NO2S/c1-11(10-14-7-3-2-4-8-14)16-13(15)12-6-5-9-17-12/h5-6,9,11H,2-4,7-8,10H2,1H3. The number of hydrogen-bond donors (Lipinski definition) is 0. The fourth-order valence-electron chi connectivity index (χ4n) is 2.18. The van der Waals surface area contributed by atoms with Crippen molar-refractivity contribution in [2.45, 2.75) is 32.3 Å². The van der Waals surface area contributed by atoms with E-state index < -0.39 is 0 Å². The number of thiophene rings is 1. The summed E-state index contributed by atoms with van der Waals surface area (Å²) in [5, 5.41) is 1.89. The first-order valence-corrected chi connectivity index (χ1v) is 7.10. The van der Waals surface area contributed by atoms with Crippen molar-refractivity contribution in [3.05, 3.63) is 22.4 Å². The molecule has 0 amide bonds. The average Bonchev–Trinajstić information content (AvgIpc) is 2.83. The Labute approximate surface area is 106 Å². The molecule has 0 radical (unpaired) electrons. The van der Waals surface area contributed by atoms with Crippen LogP contribution in [0.1, 0.15) is 35.9 Å². The molecular formula is C13H19NO2S. The molecule has 2 heterocycles. The lowest BCUT2D eigenvalue weighted by Crippen LogP contribution is -2.37. The molecule has 1 aliphatic rings. The molecule has 0 aromatic carbocycles. The van der Waals surface area contributed by atoms with Gasteiger partial charge in [-0.3, -0.25) is 4.90 Å². The van der Waals surface area contributed by atoms with Gasteiger partial charge in [-0.15, -0.1) is 11.3 Å². The highest BCUT2D eigenvalue weighted by atomic mass is 32.1. The molecule has 4 heteroatoms. The van der Waals surface area contributed by atoms with Gasteiger partial charge in [0.25, 0.3) is 0 Å². The van der Waals surface area contributed by atoms with Gasteiger partial charge in [-0.1, -0.05) is 12.5 Å². The predicted molar refractivity (Wildman–Crippen MR) is 69.5 cm³/mol. The molecule has 1 aromatic rings. The Kier molecular flexibility index (Phi) is 4.57. The summed E-state index contributed by atoms with van der Waals surface area (Å²) in [6.07, 6.45) is 3.85. The summed E-state index contributed by atoms with van der Waals surface area (Å²) in [6, 6.07) is 3.68. The van der Waals surface area contributed by atoms with Crippen LogP contribution in [-0.2, 0) is 4.74 Å². The highest BCUT2D eigenvalue weighted by Crippen LogP contribution is 2.13. The van der Waals surface area contributed by atoms with Crippen LogP contribution in [0.15, 0.2) is 17.5 Å². The second-order valence-electron chi connectivity index (χ2n) is 4.55. The van der Waals surface area contributed by atoms with Crippen LogP contribution in [0, 0.1) is 0 Å². The highest BCUT2D eigenvalue weighted by molar-refractivity contribution is 7.11. The van der Waals surface area contributed by atoms with E-state index in [2.05, 4.69) is 4.90 Å². The lowest BCUT2D eigenvalue weighted by atomic mass is 10.1. The second-order valence-corrected chi connectivity index (χ2v) is 5.50. The second kappa shape index (κ2) is 6.17. The molecule has 0 spiro atoms. The Morgan fingerprint density at radius 3 is 2.88 bits per heavy atom. The maximum Gasteiger partial charge on any atom is 0.348 e. The largest absolute Gasteiger partial charge is 0.457 e.